The van der Waals surface area contributed by atoms with Crippen LogP contribution in [0.5, 0.6) is 11.5 Å². The van der Waals surface area contributed by atoms with Crippen molar-refractivity contribution in [2.75, 3.05) is 27.1 Å². The number of nitrogens with one attached hydrogen (secondary N) is 1. The molecule has 3 N–H and O–H groups in total. The van der Waals surface area contributed by atoms with Crippen LogP contribution in [0.2, 0.25) is 0 Å². The molecule has 0 spiro atoms. The number of hydrogen-bond donors (Lipinski definition) is 2. The fraction of sp³-hybridized carbons (Fsp3) is 0.222. The summed E-state index contributed by atoms with van der Waals surface area (Å²) < 4.78 is 16.5. The van der Waals surface area contributed by atoms with Crippen LogP contribution in [0.15, 0.2) is 46.0 Å². The summed E-state index contributed by atoms with van der Waals surface area (Å²) in [6, 6.07) is 10.4. The predicted molar refractivity (Wildman–Crippen MR) is 104 cm³/mol. The molecule has 0 saturated heterocycles. The Morgan fingerprint density at radius 1 is 1.15 bits per heavy atom. The molecule has 0 aliphatic rings. The van der Waals surface area contributed by atoms with E-state index < -0.39 is 12.0 Å². The van der Waals surface area contributed by atoms with Gasteiger partial charge in [0.05, 0.1) is 20.4 Å². The molecular weight excluding hydrogens is 402 g/mol. The third-order valence-electron chi connectivity index (χ3n) is 3.57. The molecule has 0 saturated carbocycles. The first-order chi connectivity index (χ1) is 12.5. The van der Waals surface area contributed by atoms with Gasteiger partial charge in [-0.25, -0.2) is 5.43 Å². The summed E-state index contributed by atoms with van der Waals surface area (Å²) in [5, 5.41) is 3.98. The quantitative estimate of drug-likeness (QED) is 0.407. The van der Waals surface area contributed by atoms with Gasteiger partial charge >= 0.3 is 0 Å². The first-order valence-corrected chi connectivity index (χ1v) is 8.42. The van der Waals surface area contributed by atoms with E-state index in [1.807, 2.05) is 0 Å². The van der Waals surface area contributed by atoms with Gasteiger partial charge in [0.2, 0.25) is 0 Å². The van der Waals surface area contributed by atoms with Crippen LogP contribution in [0.4, 0.5) is 5.69 Å². The van der Waals surface area contributed by atoms with Gasteiger partial charge in [0.1, 0.15) is 16.0 Å². The molecule has 1 unspecified atom stereocenters. The molecule has 138 valence electrons. The van der Waals surface area contributed by atoms with E-state index in [4.69, 9.17) is 19.9 Å². The van der Waals surface area contributed by atoms with Gasteiger partial charge in [-0.2, -0.15) is 5.10 Å². The molecule has 0 heterocycles. The first kappa shape index (κ1) is 19.7. The smallest absolute Gasteiger partial charge is 0.273 e. The van der Waals surface area contributed by atoms with E-state index in [1.165, 1.54) is 13.3 Å². The minimum absolute atomic E-state index is 0.399. The third-order valence-corrected chi connectivity index (χ3v) is 4.35. The van der Waals surface area contributed by atoms with Gasteiger partial charge in [-0.05, 0) is 45.8 Å². The summed E-state index contributed by atoms with van der Waals surface area (Å²) in [5.41, 5.74) is 10.1. The third kappa shape index (κ3) is 4.74. The zero-order valence-corrected chi connectivity index (χ0v) is 16.2. The average molecular weight is 422 g/mol. The number of hydrazone groups is 1. The maximum absolute atomic E-state index is 12.3. The summed E-state index contributed by atoms with van der Waals surface area (Å²) >= 11 is 3.40. The lowest BCUT2D eigenvalue weighted by Crippen LogP contribution is -2.26. The van der Waals surface area contributed by atoms with Crippen molar-refractivity contribution in [3.8, 4) is 11.5 Å². The predicted octanol–water partition coefficient (Wildman–Crippen LogP) is 2.89. The van der Waals surface area contributed by atoms with Crippen LogP contribution in [0.3, 0.4) is 0 Å². The second kappa shape index (κ2) is 9.21. The van der Waals surface area contributed by atoms with Crippen LogP contribution >= 0.6 is 15.9 Å². The number of nitrogen functional groups attached to an aromatic ring is 1. The highest BCUT2D eigenvalue weighted by molar-refractivity contribution is 9.10. The van der Waals surface area contributed by atoms with Crippen LogP contribution < -0.4 is 20.6 Å². The molecule has 0 aliphatic carbocycles. The number of nitrogens with zero attached hydrogens (tertiary/aromatic N) is 1. The van der Waals surface area contributed by atoms with Crippen LogP contribution in [0.1, 0.15) is 17.2 Å². The molecule has 2 aromatic carbocycles. The number of nitrogens with two attached hydrogens (primary N) is 1. The fourth-order valence-corrected chi connectivity index (χ4v) is 2.81. The summed E-state index contributed by atoms with van der Waals surface area (Å²) in [5.74, 6) is 0.784. The Morgan fingerprint density at radius 2 is 1.73 bits per heavy atom. The van der Waals surface area contributed by atoms with E-state index >= 15 is 0 Å². The molecule has 1 atom stereocenters. The molecule has 0 aliphatic heterocycles. The van der Waals surface area contributed by atoms with Gasteiger partial charge in [-0.3, -0.25) is 4.79 Å². The number of amides is 1. The van der Waals surface area contributed by atoms with Crippen LogP contribution in [-0.4, -0.2) is 33.5 Å². The number of hydrogen-bond acceptors (Lipinski definition) is 6. The zero-order chi connectivity index (χ0) is 19.1. The molecular formula is C18H20BrN3O4. The fourth-order valence-electron chi connectivity index (χ4n) is 2.26. The second-order valence-electron chi connectivity index (χ2n) is 5.26. The Kier molecular flexibility index (Phi) is 6.99. The van der Waals surface area contributed by atoms with Crippen LogP contribution in [0.25, 0.3) is 0 Å². The standard InChI is InChI=1S/C18H20BrN3O4/c1-24-14-8-11(9-15(25-2)16(14)19)10-21-22-18(23)17(26-3)12-4-6-13(20)7-5-12/h4-10,17H,20H2,1-3H3,(H,22,23)/b21-10+. The molecule has 2 aromatic rings. The van der Waals surface area contributed by atoms with Crippen molar-refractivity contribution < 1.29 is 19.0 Å². The topological polar surface area (TPSA) is 95.2 Å². The van der Waals surface area contributed by atoms with Crippen molar-refractivity contribution >= 4 is 33.7 Å². The number of carbonyl (C=O) groups excluding carboxylic acids is 1. The zero-order valence-electron chi connectivity index (χ0n) is 14.7. The number of halogens is 1. The maximum atomic E-state index is 12.3. The molecule has 8 heteroatoms. The van der Waals surface area contributed by atoms with Crippen molar-refractivity contribution in [2.24, 2.45) is 5.10 Å². The molecule has 0 radical (unpaired) electrons. The number of carbonyl (C=O) groups is 1. The number of ether oxygens (including phenoxy) is 3. The number of anilines is 1. The van der Waals surface area contributed by atoms with Gasteiger partial charge < -0.3 is 19.9 Å². The Hall–Kier alpha value is -2.58. The highest BCUT2D eigenvalue weighted by atomic mass is 79.9. The lowest BCUT2D eigenvalue weighted by atomic mass is 10.1. The van der Waals surface area contributed by atoms with Gasteiger partial charge in [0.25, 0.3) is 5.91 Å². The Balaban J connectivity index is 2.11. The Bertz CT molecular complexity index is 769. The summed E-state index contributed by atoms with van der Waals surface area (Å²) in [6.45, 7) is 0. The maximum Gasteiger partial charge on any atom is 0.273 e. The number of benzene rings is 2. The Morgan fingerprint density at radius 3 is 2.23 bits per heavy atom. The largest absolute Gasteiger partial charge is 0.495 e. The first-order valence-electron chi connectivity index (χ1n) is 7.62. The minimum Gasteiger partial charge on any atom is -0.495 e. The molecule has 7 nitrogen and oxygen atoms in total. The van der Waals surface area contributed by atoms with Crippen LogP contribution in [0, 0.1) is 0 Å². The van der Waals surface area contributed by atoms with Crippen molar-refractivity contribution in [2.45, 2.75) is 6.10 Å². The summed E-state index contributed by atoms with van der Waals surface area (Å²) in [6.07, 6.45) is 0.701. The average Bonchev–Trinajstić information content (AvgIpc) is 2.65. The highest BCUT2D eigenvalue weighted by Crippen LogP contribution is 2.35. The molecule has 26 heavy (non-hydrogen) atoms. The molecule has 2 rings (SSSR count). The molecule has 0 bridgehead atoms. The van der Waals surface area contributed by atoms with Gasteiger partial charge in [0.15, 0.2) is 6.10 Å². The lowest BCUT2D eigenvalue weighted by Gasteiger charge is -2.14. The molecule has 0 aromatic heterocycles. The number of methoxy groups -OCH3 is 3. The monoisotopic (exact) mass is 421 g/mol. The molecule has 0 fully saturated rings. The van der Waals surface area contributed by atoms with Gasteiger partial charge in [-0.1, -0.05) is 12.1 Å². The van der Waals surface area contributed by atoms with Gasteiger partial charge in [0, 0.05) is 18.4 Å². The van der Waals surface area contributed by atoms with E-state index in [-0.39, 0.29) is 0 Å². The lowest BCUT2D eigenvalue weighted by molar-refractivity contribution is -0.131. The van der Waals surface area contributed by atoms with Gasteiger partial charge in [-0.15, -0.1) is 0 Å². The highest BCUT2D eigenvalue weighted by Gasteiger charge is 2.19. The van der Waals surface area contributed by atoms with E-state index in [0.717, 1.165) is 0 Å². The summed E-state index contributed by atoms with van der Waals surface area (Å²) in [7, 11) is 4.56. The van der Waals surface area contributed by atoms with E-state index in [1.54, 1.807) is 50.6 Å². The van der Waals surface area contributed by atoms with Crippen molar-refractivity contribution in [3.63, 3.8) is 0 Å². The van der Waals surface area contributed by atoms with Crippen molar-refractivity contribution in [1.29, 1.82) is 0 Å². The normalized spacial score (nSPS) is 12.0. The van der Waals surface area contributed by atoms with Crippen molar-refractivity contribution in [1.82, 2.24) is 5.43 Å². The van der Waals surface area contributed by atoms with E-state index in [9.17, 15) is 4.79 Å². The number of rotatable bonds is 7. The van der Waals surface area contributed by atoms with E-state index in [2.05, 4.69) is 26.5 Å². The molecule has 1 amide bonds. The summed E-state index contributed by atoms with van der Waals surface area (Å²) in [4.78, 5) is 12.3. The second-order valence-corrected chi connectivity index (χ2v) is 6.05. The van der Waals surface area contributed by atoms with Crippen LogP contribution in [-0.2, 0) is 9.53 Å². The SMILES string of the molecule is COc1cc(/C=N/NC(=O)C(OC)c2ccc(N)cc2)cc(OC)c1Br. The van der Waals surface area contributed by atoms with Crippen molar-refractivity contribution in [3.05, 3.63) is 52.0 Å². The minimum atomic E-state index is -0.790. The Labute approximate surface area is 160 Å². The van der Waals surface area contributed by atoms with E-state index in [0.29, 0.717) is 32.8 Å².